The molecule has 0 radical (unpaired) electrons. The summed E-state index contributed by atoms with van der Waals surface area (Å²) in [5, 5.41) is 5.80. The molecule has 7 heteroatoms. The first-order valence-corrected chi connectivity index (χ1v) is 7.19. The van der Waals surface area contributed by atoms with Crippen molar-refractivity contribution in [2.45, 2.75) is 32.8 Å². The van der Waals surface area contributed by atoms with Crippen molar-refractivity contribution < 1.29 is 9.53 Å². The van der Waals surface area contributed by atoms with Gasteiger partial charge in [-0.05, 0) is 49.2 Å². The van der Waals surface area contributed by atoms with Crippen molar-refractivity contribution in [1.82, 2.24) is 10.3 Å². The Kier molecular flexibility index (Phi) is 6.06. The van der Waals surface area contributed by atoms with E-state index in [0.29, 0.717) is 24.6 Å². The zero-order valence-corrected chi connectivity index (χ0v) is 13.6. The molecule has 0 saturated heterocycles. The number of hydrogen-bond donors (Lipinski definition) is 3. The van der Waals surface area contributed by atoms with Crippen LogP contribution in [0, 0.1) is 0 Å². The molecule has 20 heavy (non-hydrogen) atoms. The molecule has 0 spiro atoms. The SMILES string of the molecule is CC(C)(C)OC(=O)NCCCNc1ncc(Br)cc1N. The number of alkyl carbamates (subject to hydrolysis) is 1. The highest BCUT2D eigenvalue weighted by Crippen LogP contribution is 2.19. The Bertz CT molecular complexity index is 460. The predicted molar refractivity (Wildman–Crippen MR) is 83.7 cm³/mol. The van der Waals surface area contributed by atoms with Crippen LogP contribution in [0.4, 0.5) is 16.3 Å². The molecule has 0 fully saturated rings. The third-order valence-corrected chi connectivity index (χ3v) is 2.63. The number of rotatable bonds is 5. The lowest BCUT2D eigenvalue weighted by molar-refractivity contribution is 0.0528. The fraction of sp³-hybridized carbons (Fsp3) is 0.538. The highest BCUT2D eigenvalue weighted by molar-refractivity contribution is 9.10. The summed E-state index contributed by atoms with van der Waals surface area (Å²) in [6.45, 7) is 6.68. The second-order valence-corrected chi connectivity index (χ2v) is 6.22. The number of nitrogens with two attached hydrogens (primary N) is 1. The summed E-state index contributed by atoms with van der Waals surface area (Å²) in [6.07, 6.45) is 2.02. The van der Waals surface area contributed by atoms with Gasteiger partial charge in [0.25, 0.3) is 0 Å². The molecule has 112 valence electrons. The van der Waals surface area contributed by atoms with E-state index in [0.717, 1.165) is 10.9 Å². The average molecular weight is 345 g/mol. The van der Waals surface area contributed by atoms with Crippen LogP contribution in [0.25, 0.3) is 0 Å². The second-order valence-electron chi connectivity index (χ2n) is 5.30. The molecule has 4 N–H and O–H groups in total. The zero-order chi connectivity index (χ0) is 15.2. The number of anilines is 2. The molecule has 0 saturated carbocycles. The standard InChI is InChI=1S/C13H21BrN4O2/c1-13(2,3)20-12(19)17-6-4-5-16-11-10(15)7-9(14)8-18-11/h7-8H,4-6,15H2,1-3H3,(H,16,18)(H,17,19). The Hall–Kier alpha value is -1.50. The Balaban J connectivity index is 2.21. The quantitative estimate of drug-likeness (QED) is 0.714. The number of hydrogen-bond acceptors (Lipinski definition) is 5. The summed E-state index contributed by atoms with van der Waals surface area (Å²) < 4.78 is 5.97. The topological polar surface area (TPSA) is 89.3 Å². The first-order valence-electron chi connectivity index (χ1n) is 6.39. The molecule has 0 aromatic carbocycles. The van der Waals surface area contributed by atoms with E-state index in [9.17, 15) is 4.79 Å². The van der Waals surface area contributed by atoms with Crippen LogP contribution < -0.4 is 16.4 Å². The van der Waals surface area contributed by atoms with Gasteiger partial charge in [0, 0.05) is 23.8 Å². The van der Waals surface area contributed by atoms with Crippen molar-refractivity contribution in [3.8, 4) is 0 Å². The van der Waals surface area contributed by atoms with E-state index in [2.05, 4.69) is 31.5 Å². The minimum absolute atomic E-state index is 0.404. The zero-order valence-electron chi connectivity index (χ0n) is 12.0. The maximum atomic E-state index is 11.4. The number of carbonyl (C=O) groups excluding carboxylic acids is 1. The van der Waals surface area contributed by atoms with Gasteiger partial charge in [0.05, 0.1) is 5.69 Å². The van der Waals surface area contributed by atoms with Gasteiger partial charge in [0.15, 0.2) is 0 Å². The molecule has 1 aromatic heterocycles. The Labute approximate surface area is 127 Å². The van der Waals surface area contributed by atoms with Crippen LogP contribution in [0.3, 0.4) is 0 Å². The lowest BCUT2D eigenvalue weighted by Gasteiger charge is -2.19. The van der Waals surface area contributed by atoms with Crippen molar-refractivity contribution in [2.75, 3.05) is 24.1 Å². The van der Waals surface area contributed by atoms with Gasteiger partial charge in [0.1, 0.15) is 11.4 Å². The first-order chi connectivity index (χ1) is 9.28. The molecule has 1 rings (SSSR count). The van der Waals surface area contributed by atoms with Gasteiger partial charge < -0.3 is 21.1 Å². The third kappa shape index (κ3) is 6.60. The first kappa shape index (κ1) is 16.6. The van der Waals surface area contributed by atoms with Crippen molar-refractivity contribution >= 4 is 33.5 Å². The van der Waals surface area contributed by atoms with E-state index in [1.54, 1.807) is 12.3 Å². The minimum atomic E-state index is -0.474. The van der Waals surface area contributed by atoms with Gasteiger partial charge >= 0.3 is 6.09 Å². The Morgan fingerprint density at radius 2 is 2.15 bits per heavy atom. The van der Waals surface area contributed by atoms with Crippen LogP contribution in [-0.2, 0) is 4.74 Å². The summed E-state index contributed by atoms with van der Waals surface area (Å²) in [5.41, 5.74) is 5.92. The number of carbonyl (C=O) groups is 1. The van der Waals surface area contributed by atoms with E-state index >= 15 is 0 Å². The molecule has 0 bridgehead atoms. The molecule has 0 atom stereocenters. The normalized spacial score (nSPS) is 11.0. The molecular weight excluding hydrogens is 324 g/mol. The molecule has 6 nitrogen and oxygen atoms in total. The number of nitrogens with one attached hydrogen (secondary N) is 2. The number of amides is 1. The third-order valence-electron chi connectivity index (χ3n) is 2.20. The molecule has 0 unspecified atom stereocenters. The van der Waals surface area contributed by atoms with Crippen molar-refractivity contribution in [2.24, 2.45) is 0 Å². The number of pyridine rings is 1. The monoisotopic (exact) mass is 344 g/mol. The lowest BCUT2D eigenvalue weighted by Crippen LogP contribution is -2.33. The van der Waals surface area contributed by atoms with Crippen LogP contribution >= 0.6 is 15.9 Å². The van der Waals surface area contributed by atoms with E-state index in [1.165, 1.54) is 0 Å². The molecule has 0 aliphatic heterocycles. The molecule has 0 aliphatic carbocycles. The predicted octanol–water partition coefficient (Wildman–Crippen LogP) is 2.75. The summed E-state index contributed by atoms with van der Waals surface area (Å²) >= 11 is 3.30. The van der Waals surface area contributed by atoms with E-state index in [4.69, 9.17) is 10.5 Å². The van der Waals surface area contributed by atoms with Crippen LogP contribution in [-0.4, -0.2) is 29.8 Å². The summed E-state index contributed by atoms with van der Waals surface area (Å²) in [4.78, 5) is 15.6. The second kappa shape index (κ2) is 7.33. The Morgan fingerprint density at radius 3 is 2.75 bits per heavy atom. The van der Waals surface area contributed by atoms with Gasteiger partial charge in [-0.25, -0.2) is 9.78 Å². The highest BCUT2D eigenvalue weighted by atomic mass is 79.9. The van der Waals surface area contributed by atoms with Gasteiger partial charge in [-0.1, -0.05) is 0 Å². The lowest BCUT2D eigenvalue weighted by atomic mass is 10.2. The maximum absolute atomic E-state index is 11.4. The van der Waals surface area contributed by atoms with E-state index in [1.807, 2.05) is 20.8 Å². The van der Waals surface area contributed by atoms with Crippen LogP contribution in [0.5, 0.6) is 0 Å². The number of halogens is 1. The molecular formula is C13H21BrN4O2. The van der Waals surface area contributed by atoms with E-state index < -0.39 is 11.7 Å². The van der Waals surface area contributed by atoms with Gasteiger partial charge in [-0.2, -0.15) is 0 Å². The van der Waals surface area contributed by atoms with Crippen LogP contribution in [0.2, 0.25) is 0 Å². The van der Waals surface area contributed by atoms with Gasteiger partial charge in [-0.3, -0.25) is 0 Å². The minimum Gasteiger partial charge on any atom is -0.444 e. The van der Waals surface area contributed by atoms with Crippen molar-refractivity contribution in [1.29, 1.82) is 0 Å². The van der Waals surface area contributed by atoms with E-state index in [-0.39, 0.29) is 0 Å². The molecule has 1 heterocycles. The van der Waals surface area contributed by atoms with Crippen molar-refractivity contribution in [3.05, 3.63) is 16.7 Å². The fourth-order valence-corrected chi connectivity index (χ4v) is 1.75. The molecule has 1 aromatic rings. The molecule has 1 amide bonds. The summed E-state index contributed by atoms with van der Waals surface area (Å²) in [6, 6.07) is 1.79. The van der Waals surface area contributed by atoms with Crippen LogP contribution in [0.15, 0.2) is 16.7 Å². The van der Waals surface area contributed by atoms with Crippen LogP contribution in [0.1, 0.15) is 27.2 Å². The van der Waals surface area contributed by atoms with Crippen molar-refractivity contribution in [3.63, 3.8) is 0 Å². The Morgan fingerprint density at radius 1 is 1.45 bits per heavy atom. The fourth-order valence-electron chi connectivity index (χ4n) is 1.40. The highest BCUT2D eigenvalue weighted by Gasteiger charge is 2.15. The smallest absolute Gasteiger partial charge is 0.407 e. The number of nitrogen functional groups attached to an aromatic ring is 1. The number of aromatic nitrogens is 1. The number of nitrogens with zero attached hydrogens (tertiary/aromatic N) is 1. The molecule has 0 aliphatic rings. The summed E-state index contributed by atoms with van der Waals surface area (Å²) in [7, 11) is 0. The van der Waals surface area contributed by atoms with Gasteiger partial charge in [-0.15, -0.1) is 0 Å². The maximum Gasteiger partial charge on any atom is 0.407 e. The van der Waals surface area contributed by atoms with Gasteiger partial charge in [0.2, 0.25) is 0 Å². The largest absolute Gasteiger partial charge is 0.444 e. The average Bonchev–Trinajstić information content (AvgIpc) is 2.28. The summed E-state index contributed by atoms with van der Waals surface area (Å²) in [5.74, 6) is 0.644. The number of ether oxygens (including phenoxy) is 1.